The van der Waals surface area contributed by atoms with E-state index in [1.54, 1.807) is 30.3 Å². The smallest absolute Gasteiger partial charge is 0.412 e. The summed E-state index contributed by atoms with van der Waals surface area (Å²) in [5, 5.41) is 9.31. The molecule has 0 aliphatic rings. The van der Waals surface area contributed by atoms with Gasteiger partial charge in [-0.2, -0.15) is 0 Å². The molecule has 0 radical (unpaired) electrons. The highest BCUT2D eigenvalue weighted by molar-refractivity contribution is 9.10. The van der Waals surface area contributed by atoms with E-state index >= 15 is 0 Å². The number of para-hydroxylation sites is 1. The molecule has 2 aromatic rings. The summed E-state index contributed by atoms with van der Waals surface area (Å²) in [6, 6.07) is 10.4. The second kappa shape index (κ2) is 5.79. The number of carboxylic acid groups (broad SMARTS) is 1. The Balaban J connectivity index is 2.26. The molecule has 0 spiro atoms. The fourth-order valence-corrected chi connectivity index (χ4v) is 2.13. The normalized spacial score (nSPS) is 10.2. The van der Waals surface area contributed by atoms with Gasteiger partial charge >= 0.3 is 6.09 Å². The van der Waals surface area contributed by atoms with Crippen molar-refractivity contribution < 1.29 is 19.1 Å². The summed E-state index contributed by atoms with van der Waals surface area (Å²) >= 11 is 3.34. The van der Waals surface area contributed by atoms with E-state index in [4.69, 9.17) is 9.15 Å². The molecule has 0 bridgehead atoms. The molecule has 0 atom stereocenters. The van der Waals surface area contributed by atoms with E-state index in [0.717, 1.165) is 0 Å². The van der Waals surface area contributed by atoms with Crippen molar-refractivity contribution in [2.75, 3.05) is 12.0 Å². The number of carbonyl (C=O) groups is 1. The highest BCUT2D eigenvalue weighted by Gasteiger charge is 2.19. The molecule has 0 saturated carbocycles. The van der Waals surface area contributed by atoms with Crippen LogP contribution in [0.25, 0.3) is 0 Å². The lowest BCUT2D eigenvalue weighted by molar-refractivity contribution is 0.200. The van der Waals surface area contributed by atoms with Gasteiger partial charge < -0.3 is 14.3 Å². The van der Waals surface area contributed by atoms with Crippen LogP contribution in [0.5, 0.6) is 5.95 Å². The molecule has 19 heavy (non-hydrogen) atoms. The predicted molar refractivity (Wildman–Crippen MR) is 73.6 cm³/mol. The van der Waals surface area contributed by atoms with E-state index in [9.17, 15) is 9.90 Å². The SMILES string of the molecule is COc1ccc(CN(C(=O)O)c2ccccc2Br)o1. The lowest BCUT2D eigenvalue weighted by Crippen LogP contribution is -2.28. The number of nitrogens with zero attached hydrogens (tertiary/aromatic N) is 1. The molecule has 1 N–H and O–H groups in total. The monoisotopic (exact) mass is 325 g/mol. The van der Waals surface area contributed by atoms with E-state index < -0.39 is 6.09 Å². The predicted octanol–water partition coefficient (Wildman–Crippen LogP) is 3.74. The maximum absolute atomic E-state index is 11.4. The summed E-state index contributed by atoms with van der Waals surface area (Å²) in [5.74, 6) is 0.863. The number of rotatable bonds is 4. The third kappa shape index (κ3) is 3.08. The zero-order chi connectivity index (χ0) is 13.8. The first-order valence-corrected chi connectivity index (χ1v) is 6.29. The largest absolute Gasteiger partial charge is 0.468 e. The van der Waals surface area contributed by atoms with E-state index in [1.165, 1.54) is 12.0 Å². The van der Waals surface area contributed by atoms with Crippen molar-refractivity contribution in [3.05, 3.63) is 46.6 Å². The van der Waals surface area contributed by atoms with Gasteiger partial charge in [0.15, 0.2) is 0 Å². The van der Waals surface area contributed by atoms with Gasteiger partial charge in [-0.15, -0.1) is 0 Å². The molecule has 2 rings (SSSR count). The van der Waals surface area contributed by atoms with Gasteiger partial charge in [0, 0.05) is 10.5 Å². The van der Waals surface area contributed by atoms with E-state index in [-0.39, 0.29) is 6.54 Å². The molecule has 0 fully saturated rings. The Kier molecular flexibility index (Phi) is 4.11. The minimum atomic E-state index is -1.05. The summed E-state index contributed by atoms with van der Waals surface area (Å²) in [6.07, 6.45) is -1.05. The van der Waals surface area contributed by atoms with Crippen molar-refractivity contribution in [2.45, 2.75) is 6.54 Å². The average molecular weight is 326 g/mol. The van der Waals surface area contributed by atoms with Gasteiger partial charge in [0.1, 0.15) is 5.76 Å². The molecular formula is C13H12BrNO4. The van der Waals surface area contributed by atoms with Gasteiger partial charge in [0.25, 0.3) is 5.95 Å². The first-order valence-electron chi connectivity index (χ1n) is 5.49. The Morgan fingerprint density at radius 3 is 2.68 bits per heavy atom. The van der Waals surface area contributed by atoms with Gasteiger partial charge in [0.05, 0.1) is 19.3 Å². The molecular weight excluding hydrogens is 314 g/mol. The van der Waals surface area contributed by atoms with Crippen LogP contribution in [0.4, 0.5) is 10.5 Å². The summed E-state index contributed by atoms with van der Waals surface area (Å²) in [5.41, 5.74) is 0.561. The van der Waals surface area contributed by atoms with Crippen molar-refractivity contribution >= 4 is 27.7 Å². The van der Waals surface area contributed by atoms with Crippen LogP contribution < -0.4 is 9.64 Å². The summed E-state index contributed by atoms with van der Waals surface area (Å²) < 4.78 is 11.0. The highest BCUT2D eigenvalue weighted by atomic mass is 79.9. The van der Waals surface area contributed by atoms with Crippen LogP contribution in [0.1, 0.15) is 5.76 Å². The maximum atomic E-state index is 11.4. The van der Waals surface area contributed by atoms with E-state index in [2.05, 4.69) is 15.9 Å². The summed E-state index contributed by atoms with van der Waals surface area (Å²) in [6.45, 7) is 0.112. The Morgan fingerprint density at radius 2 is 2.11 bits per heavy atom. The van der Waals surface area contributed by atoms with Gasteiger partial charge in [0.2, 0.25) is 0 Å². The minimum absolute atomic E-state index is 0.112. The molecule has 1 aromatic carbocycles. The van der Waals surface area contributed by atoms with Crippen LogP contribution in [0, 0.1) is 0 Å². The first kappa shape index (κ1) is 13.5. The summed E-state index contributed by atoms with van der Waals surface area (Å²) in [7, 11) is 1.49. The number of anilines is 1. The van der Waals surface area contributed by atoms with Gasteiger partial charge in [-0.05, 0) is 34.1 Å². The average Bonchev–Trinajstić information content (AvgIpc) is 2.84. The molecule has 0 aliphatic heterocycles. The number of ether oxygens (including phenoxy) is 1. The number of methoxy groups -OCH3 is 1. The van der Waals surface area contributed by atoms with Gasteiger partial charge in [-0.25, -0.2) is 4.79 Å². The first-order chi connectivity index (χ1) is 9.11. The zero-order valence-corrected chi connectivity index (χ0v) is 11.8. The second-order valence-electron chi connectivity index (χ2n) is 3.74. The number of furan rings is 1. The molecule has 0 unspecified atom stereocenters. The standard InChI is InChI=1S/C13H12BrNO4/c1-18-12-7-6-9(19-12)8-15(13(16)17)11-5-3-2-4-10(11)14/h2-7H,8H2,1H3,(H,16,17). The zero-order valence-electron chi connectivity index (χ0n) is 10.2. The fourth-order valence-electron chi connectivity index (χ4n) is 1.64. The molecule has 6 heteroatoms. The maximum Gasteiger partial charge on any atom is 0.412 e. The van der Waals surface area contributed by atoms with E-state index in [0.29, 0.717) is 21.9 Å². The Morgan fingerprint density at radius 1 is 1.37 bits per heavy atom. The quantitative estimate of drug-likeness (QED) is 0.930. The van der Waals surface area contributed by atoms with Crippen LogP contribution in [0.3, 0.4) is 0 Å². The van der Waals surface area contributed by atoms with Crippen LogP contribution in [-0.2, 0) is 6.54 Å². The topological polar surface area (TPSA) is 62.9 Å². The molecule has 0 saturated heterocycles. The Bertz CT molecular complexity index is 582. The molecule has 5 nitrogen and oxygen atoms in total. The number of hydrogen-bond donors (Lipinski definition) is 1. The van der Waals surface area contributed by atoms with Crippen molar-refractivity contribution in [3.63, 3.8) is 0 Å². The number of halogens is 1. The fraction of sp³-hybridized carbons (Fsp3) is 0.154. The van der Waals surface area contributed by atoms with Crippen molar-refractivity contribution in [3.8, 4) is 5.95 Å². The number of benzene rings is 1. The Hall–Kier alpha value is -1.95. The molecule has 1 aromatic heterocycles. The number of hydrogen-bond acceptors (Lipinski definition) is 3. The Labute approximate surface area is 118 Å². The number of amides is 1. The second-order valence-corrected chi connectivity index (χ2v) is 4.60. The van der Waals surface area contributed by atoms with Crippen molar-refractivity contribution in [1.29, 1.82) is 0 Å². The van der Waals surface area contributed by atoms with Crippen molar-refractivity contribution in [1.82, 2.24) is 0 Å². The van der Waals surface area contributed by atoms with Crippen LogP contribution in [0.2, 0.25) is 0 Å². The van der Waals surface area contributed by atoms with Crippen LogP contribution in [-0.4, -0.2) is 18.3 Å². The molecule has 0 aliphatic carbocycles. The lowest BCUT2D eigenvalue weighted by atomic mass is 10.3. The molecule has 100 valence electrons. The van der Waals surface area contributed by atoms with Crippen molar-refractivity contribution in [2.24, 2.45) is 0 Å². The molecule has 1 heterocycles. The van der Waals surface area contributed by atoms with Crippen LogP contribution >= 0.6 is 15.9 Å². The third-order valence-electron chi connectivity index (χ3n) is 2.53. The van der Waals surface area contributed by atoms with E-state index in [1.807, 2.05) is 6.07 Å². The molecule has 1 amide bonds. The highest BCUT2D eigenvalue weighted by Crippen LogP contribution is 2.28. The lowest BCUT2D eigenvalue weighted by Gasteiger charge is -2.19. The van der Waals surface area contributed by atoms with Gasteiger partial charge in [-0.3, -0.25) is 4.90 Å². The third-order valence-corrected chi connectivity index (χ3v) is 3.20. The van der Waals surface area contributed by atoms with Crippen LogP contribution in [0.15, 0.2) is 45.3 Å². The van der Waals surface area contributed by atoms with Gasteiger partial charge in [-0.1, -0.05) is 12.1 Å². The minimum Gasteiger partial charge on any atom is -0.468 e. The summed E-state index contributed by atoms with van der Waals surface area (Å²) in [4.78, 5) is 12.6.